The largest absolute Gasteiger partial charge is 0.330 e. The summed E-state index contributed by atoms with van der Waals surface area (Å²) >= 11 is 5.80. The van der Waals surface area contributed by atoms with Gasteiger partial charge in [0.15, 0.2) is 9.84 Å². The molecule has 116 valence electrons. The zero-order chi connectivity index (χ0) is 15.9. The molecule has 3 atom stereocenters. The van der Waals surface area contributed by atoms with Gasteiger partial charge in [-0.1, -0.05) is 23.7 Å². The second kappa shape index (κ2) is 5.65. The molecule has 1 aliphatic rings. The van der Waals surface area contributed by atoms with E-state index in [1.807, 2.05) is 0 Å². The van der Waals surface area contributed by atoms with E-state index in [1.165, 1.54) is 24.3 Å². The van der Waals surface area contributed by atoms with Gasteiger partial charge in [0.05, 0.1) is 10.1 Å². The van der Waals surface area contributed by atoms with Gasteiger partial charge in [0.1, 0.15) is 5.82 Å². The molecule has 2 aromatic carbocycles. The van der Waals surface area contributed by atoms with E-state index in [9.17, 15) is 12.8 Å². The van der Waals surface area contributed by atoms with Crippen molar-refractivity contribution < 1.29 is 12.8 Å². The summed E-state index contributed by atoms with van der Waals surface area (Å²) in [4.78, 5) is 0.241. The van der Waals surface area contributed by atoms with Crippen LogP contribution in [0.25, 0.3) is 0 Å². The third-order valence-corrected chi connectivity index (χ3v) is 6.66. The second-order valence-electron chi connectivity index (χ2n) is 5.44. The molecule has 6 heteroatoms. The molecule has 0 aliphatic heterocycles. The molecule has 1 aliphatic carbocycles. The van der Waals surface area contributed by atoms with Crippen LogP contribution >= 0.6 is 11.6 Å². The lowest BCUT2D eigenvalue weighted by Gasteiger charge is -2.04. The third-order valence-electron chi connectivity index (χ3n) is 4.12. The molecular formula is C16H15ClFNO2S. The zero-order valence-corrected chi connectivity index (χ0v) is 13.2. The van der Waals surface area contributed by atoms with E-state index in [1.54, 1.807) is 24.3 Å². The third kappa shape index (κ3) is 2.64. The van der Waals surface area contributed by atoms with E-state index in [-0.39, 0.29) is 29.1 Å². The van der Waals surface area contributed by atoms with Gasteiger partial charge in [0, 0.05) is 10.9 Å². The van der Waals surface area contributed by atoms with E-state index in [0.29, 0.717) is 5.02 Å². The normalized spacial score (nSPS) is 24.2. The van der Waals surface area contributed by atoms with Crippen molar-refractivity contribution in [2.75, 3.05) is 6.54 Å². The summed E-state index contributed by atoms with van der Waals surface area (Å²) in [5.41, 5.74) is 6.53. The van der Waals surface area contributed by atoms with Gasteiger partial charge in [-0.05, 0) is 54.4 Å². The Hall–Kier alpha value is -1.43. The molecule has 0 saturated heterocycles. The van der Waals surface area contributed by atoms with Gasteiger partial charge in [0.25, 0.3) is 0 Å². The number of benzene rings is 2. The van der Waals surface area contributed by atoms with E-state index in [4.69, 9.17) is 17.3 Å². The minimum absolute atomic E-state index is 0.147. The first-order valence-corrected chi connectivity index (χ1v) is 8.82. The molecule has 0 radical (unpaired) electrons. The minimum atomic E-state index is -3.48. The molecule has 0 amide bonds. The summed E-state index contributed by atoms with van der Waals surface area (Å²) in [6, 6.07) is 12.1. The predicted molar refractivity (Wildman–Crippen MR) is 84.1 cm³/mol. The molecule has 0 aromatic heterocycles. The lowest BCUT2D eigenvalue weighted by molar-refractivity contribution is 0.591. The molecule has 3 rings (SSSR count). The molecule has 3 nitrogen and oxygen atoms in total. The van der Waals surface area contributed by atoms with Crippen molar-refractivity contribution in [2.45, 2.75) is 16.1 Å². The maximum Gasteiger partial charge on any atom is 0.182 e. The summed E-state index contributed by atoms with van der Waals surface area (Å²) in [5.74, 6) is -0.678. The fraction of sp³-hybridized carbons (Fsp3) is 0.250. The zero-order valence-electron chi connectivity index (χ0n) is 11.6. The van der Waals surface area contributed by atoms with Crippen LogP contribution in [0.2, 0.25) is 5.02 Å². The van der Waals surface area contributed by atoms with Gasteiger partial charge in [-0.2, -0.15) is 0 Å². The highest BCUT2D eigenvalue weighted by molar-refractivity contribution is 7.92. The number of hydrogen-bond acceptors (Lipinski definition) is 3. The van der Waals surface area contributed by atoms with E-state index in [2.05, 4.69) is 0 Å². The fourth-order valence-corrected chi connectivity index (χ4v) is 5.30. The van der Waals surface area contributed by atoms with Crippen LogP contribution < -0.4 is 5.73 Å². The maximum absolute atomic E-state index is 13.0. The van der Waals surface area contributed by atoms with E-state index >= 15 is 0 Å². The van der Waals surface area contributed by atoms with Gasteiger partial charge in [-0.25, -0.2) is 12.8 Å². The quantitative estimate of drug-likeness (QED) is 0.931. The lowest BCUT2D eigenvalue weighted by atomic mass is 10.1. The number of nitrogens with two attached hydrogens (primary N) is 1. The Balaban J connectivity index is 1.93. The monoisotopic (exact) mass is 339 g/mol. The first-order chi connectivity index (χ1) is 10.4. The van der Waals surface area contributed by atoms with Crippen molar-refractivity contribution in [1.82, 2.24) is 0 Å². The van der Waals surface area contributed by atoms with Gasteiger partial charge < -0.3 is 5.73 Å². The summed E-state index contributed by atoms with van der Waals surface area (Å²) < 4.78 is 38.5. The fourth-order valence-electron chi connectivity index (χ4n) is 2.95. The van der Waals surface area contributed by atoms with Crippen LogP contribution in [0.15, 0.2) is 53.4 Å². The topological polar surface area (TPSA) is 60.2 Å². The van der Waals surface area contributed by atoms with Gasteiger partial charge >= 0.3 is 0 Å². The predicted octanol–water partition coefficient (Wildman–Crippen LogP) is 2.99. The average Bonchev–Trinajstić information content (AvgIpc) is 3.24. The van der Waals surface area contributed by atoms with Crippen molar-refractivity contribution in [2.24, 2.45) is 11.7 Å². The van der Waals surface area contributed by atoms with E-state index in [0.717, 1.165) is 5.56 Å². The molecule has 2 N–H and O–H groups in total. The number of sulfone groups is 1. The van der Waals surface area contributed by atoms with Crippen molar-refractivity contribution in [3.63, 3.8) is 0 Å². The second-order valence-corrected chi connectivity index (χ2v) is 7.98. The Labute approximate surface area is 133 Å². The number of halogens is 2. The number of rotatable bonds is 4. The first-order valence-electron chi connectivity index (χ1n) is 6.90. The first kappa shape index (κ1) is 15.5. The van der Waals surface area contributed by atoms with Crippen molar-refractivity contribution in [3.8, 4) is 0 Å². The maximum atomic E-state index is 13.0. The Kier molecular flexibility index (Phi) is 3.97. The highest BCUT2D eigenvalue weighted by atomic mass is 35.5. The molecule has 0 bridgehead atoms. The Morgan fingerprint density at radius 2 is 1.64 bits per heavy atom. The molecule has 1 fully saturated rings. The minimum Gasteiger partial charge on any atom is -0.330 e. The summed E-state index contributed by atoms with van der Waals surface area (Å²) in [5, 5.41) is -0.0793. The summed E-state index contributed by atoms with van der Waals surface area (Å²) in [7, 11) is -3.48. The molecule has 1 saturated carbocycles. The summed E-state index contributed by atoms with van der Waals surface area (Å²) in [6.45, 7) is 0.277. The van der Waals surface area contributed by atoms with Crippen LogP contribution in [-0.2, 0) is 9.84 Å². The van der Waals surface area contributed by atoms with Crippen LogP contribution in [0.4, 0.5) is 4.39 Å². The molecule has 0 heterocycles. The van der Waals surface area contributed by atoms with E-state index < -0.39 is 15.1 Å². The number of hydrogen-bond donors (Lipinski definition) is 1. The van der Waals surface area contributed by atoms with Crippen molar-refractivity contribution in [1.29, 1.82) is 0 Å². The smallest absolute Gasteiger partial charge is 0.182 e. The SMILES string of the molecule is NC[C@H]1[C@@H](c2ccc(F)cc2)[C@@H]1S(=O)(=O)c1ccc(Cl)cc1. The van der Waals surface area contributed by atoms with Crippen molar-refractivity contribution >= 4 is 21.4 Å². The highest BCUT2D eigenvalue weighted by Gasteiger charge is 2.57. The van der Waals surface area contributed by atoms with Gasteiger partial charge in [-0.15, -0.1) is 0 Å². The standard InChI is InChI=1S/C16H15ClFNO2S/c17-11-3-7-13(8-4-11)22(20,21)16-14(9-19)15(16)10-1-5-12(18)6-2-10/h1-8,14-16H,9,19H2/t14-,15+,16+/m0/s1. The Morgan fingerprint density at radius 3 is 2.18 bits per heavy atom. The highest BCUT2D eigenvalue weighted by Crippen LogP contribution is 2.53. The van der Waals surface area contributed by atoms with Crippen molar-refractivity contribution in [3.05, 3.63) is 64.9 Å². The molecule has 22 heavy (non-hydrogen) atoms. The summed E-state index contributed by atoms with van der Waals surface area (Å²) in [6.07, 6.45) is 0. The molecule has 2 aromatic rings. The van der Waals surface area contributed by atoms with Gasteiger partial charge in [0.2, 0.25) is 0 Å². The Bertz CT molecular complexity index is 775. The lowest BCUT2D eigenvalue weighted by Crippen LogP contribution is -2.13. The average molecular weight is 340 g/mol. The van der Waals surface area contributed by atoms with Crippen LogP contribution in [-0.4, -0.2) is 20.2 Å². The van der Waals surface area contributed by atoms with Crippen LogP contribution in [0.3, 0.4) is 0 Å². The molecule has 0 spiro atoms. The molecular weight excluding hydrogens is 325 g/mol. The van der Waals surface area contributed by atoms with Crippen LogP contribution in [0.1, 0.15) is 11.5 Å². The molecule has 0 unspecified atom stereocenters. The van der Waals surface area contributed by atoms with Gasteiger partial charge in [-0.3, -0.25) is 0 Å². The van der Waals surface area contributed by atoms with Crippen LogP contribution in [0, 0.1) is 11.7 Å². The Morgan fingerprint density at radius 1 is 1.05 bits per heavy atom. The van der Waals surface area contributed by atoms with Crippen LogP contribution in [0.5, 0.6) is 0 Å².